The Morgan fingerprint density at radius 3 is 2.19 bits per heavy atom. The summed E-state index contributed by atoms with van der Waals surface area (Å²) in [5.74, 6) is -1.50. The molecule has 0 aliphatic rings. The van der Waals surface area contributed by atoms with Crippen LogP contribution in [0.1, 0.15) is 43.5 Å². The van der Waals surface area contributed by atoms with Gasteiger partial charge in [-0.05, 0) is 61.4 Å². The molecule has 0 fully saturated rings. The molecule has 1 N–H and O–H groups in total. The number of anilines is 2. The SMILES string of the molecule is CCCCOC(=O)c1ccc(NC(=O)[C@@H](CC)N(c2ccc(F)cc2)S(C)(=O)=O)cc1. The summed E-state index contributed by atoms with van der Waals surface area (Å²) in [6.07, 6.45) is 2.88. The summed E-state index contributed by atoms with van der Waals surface area (Å²) in [6, 6.07) is 9.99. The van der Waals surface area contributed by atoms with Crippen molar-refractivity contribution in [2.75, 3.05) is 22.5 Å². The molecule has 0 aliphatic carbocycles. The van der Waals surface area contributed by atoms with Crippen LogP contribution in [0.5, 0.6) is 0 Å². The van der Waals surface area contributed by atoms with Crippen LogP contribution in [0.4, 0.5) is 15.8 Å². The fraction of sp³-hybridized carbons (Fsp3) is 0.364. The number of nitrogens with one attached hydrogen (secondary N) is 1. The molecule has 168 valence electrons. The predicted molar refractivity (Wildman–Crippen MR) is 118 cm³/mol. The van der Waals surface area contributed by atoms with Crippen LogP contribution >= 0.6 is 0 Å². The van der Waals surface area contributed by atoms with Crippen LogP contribution in [0.25, 0.3) is 0 Å². The highest BCUT2D eigenvalue weighted by atomic mass is 32.2. The number of benzene rings is 2. The highest BCUT2D eigenvalue weighted by Gasteiger charge is 2.31. The minimum absolute atomic E-state index is 0.191. The van der Waals surface area contributed by atoms with Crippen LogP contribution < -0.4 is 9.62 Å². The summed E-state index contributed by atoms with van der Waals surface area (Å²) in [4.78, 5) is 24.9. The first kappa shape index (κ1) is 24.3. The number of amides is 1. The molecule has 2 aromatic carbocycles. The number of sulfonamides is 1. The van der Waals surface area contributed by atoms with Gasteiger partial charge in [-0.3, -0.25) is 9.10 Å². The molecule has 9 heteroatoms. The van der Waals surface area contributed by atoms with Crippen molar-refractivity contribution in [3.8, 4) is 0 Å². The number of halogens is 1. The molecule has 0 saturated heterocycles. The minimum atomic E-state index is -3.82. The Morgan fingerprint density at radius 2 is 1.68 bits per heavy atom. The van der Waals surface area contributed by atoms with E-state index in [1.54, 1.807) is 19.1 Å². The quantitative estimate of drug-likeness (QED) is 0.437. The van der Waals surface area contributed by atoms with E-state index in [-0.39, 0.29) is 12.1 Å². The van der Waals surface area contributed by atoms with Gasteiger partial charge in [0.25, 0.3) is 0 Å². The highest BCUT2D eigenvalue weighted by Crippen LogP contribution is 2.24. The van der Waals surface area contributed by atoms with Gasteiger partial charge < -0.3 is 10.1 Å². The van der Waals surface area contributed by atoms with Gasteiger partial charge in [0.1, 0.15) is 11.9 Å². The summed E-state index contributed by atoms with van der Waals surface area (Å²) < 4.78 is 44.2. The third kappa shape index (κ3) is 6.78. The molecule has 0 unspecified atom stereocenters. The molecule has 0 spiro atoms. The maximum absolute atomic E-state index is 13.3. The Morgan fingerprint density at radius 1 is 1.06 bits per heavy atom. The topological polar surface area (TPSA) is 92.8 Å². The van der Waals surface area contributed by atoms with E-state index in [1.807, 2.05) is 6.92 Å². The minimum Gasteiger partial charge on any atom is -0.462 e. The van der Waals surface area contributed by atoms with Gasteiger partial charge in [-0.15, -0.1) is 0 Å². The molecule has 7 nitrogen and oxygen atoms in total. The second-order valence-corrected chi connectivity index (χ2v) is 8.87. The Balaban J connectivity index is 2.17. The number of rotatable bonds is 10. The van der Waals surface area contributed by atoms with E-state index in [9.17, 15) is 22.4 Å². The Bertz CT molecular complexity index is 992. The zero-order valence-corrected chi connectivity index (χ0v) is 18.6. The standard InChI is InChI=1S/C22H27FN2O5S/c1-4-6-15-30-22(27)16-7-11-18(12-8-16)24-21(26)20(5-2)25(31(3,28)29)19-13-9-17(23)10-14-19/h7-14,20H,4-6,15H2,1-3H3,(H,24,26)/t20-/m1/s1. The average Bonchev–Trinajstić information content (AvgIpc) is 2.72. The molecule has 1 amide bonds. The van der Waals surface area contributed by atoms with Gasteiger partial charge in [0.15, 0.2) is 0 Å². The monoisotopic (exact) mass is 450 g/mol. The van der Waals surface area contributed by atoms with Crippen molar-refractivity contribution in [3.05, 3.63) is 59.9 Å². The van der Waals surface area contributed by atoms with Gasteiger partial charge >= 0.3 is 5.97 Å². The summed E-state index contributed by atoms with van der Waals surface area (Å²) in [6.45, 7) is 4.02. The molecule has 0 aromatic heterocycles. The lowest BCUT2D eigenvalue weighted by Gasteiger charge is -2.30. The zero-order chi connectivity index (χ0) is 23.0. The highest BCUT2D eigenvalue weighted by molar-refractivity contribution is 7.92. The van der Waals surface area contributed by atoms with E-state index in [2.05, 4.69) is 5.32 Å². The van der Waals surface area contributed by atoms with Gasteiger partial charge in [-0.25, -0.2) is 17.6 Å². The summed E-state index contributed by atoms with van der Waals surface area (Å²) >= 11 is 0. The van der Waals surface area contributed by atoms with E-state index < -0.39 is 33.8 Å². The first-order chi connectivity index (χ1) is 14.7. The molecule has 2 aromatic rings. The fourth-order valence-corrected chi connectivity index (χ4v) is 4.17. The molecule has 0 radical (unpaired) electrons. The van der Waals surface area contributed by atoms with Crippen LogP contribution in [0.3, 0.4) is 0 Å². The molecule has 31 heavy (non-hydrogen) atoms. The number of nitrogens with zero attached hydrogens (tertiary/aromatic N) is 1. The maximum Gasteiger partial charge on any atom is 0.338 e. The van der Waals surface area contributed by atoms with Crippen molar-refractivity contribution < 1.29 is 27.1 Å². The molecule has 0 heterocycles. The first-order valence-corrected chi connectivity index (χ1v) is 11.8. The van der Waals surface area contributed by atoms with Crippen molar-refractivity contribution >= 4 is 33.3 Å². The van der Waals surface area contributed by atoms with E-state index in [0.29, 0.717) is 17.9 Å². The number of carbonyl (C=O) groups is 2. The number of hydrogen-bond donors (Lipinski definition) is 1. The largest absolute Gasteiger partial charge is 0.462 e. The fourth-order valence-electron chi connectivity index (χ4n) is 2.96. The lowest BCUT2D eigenvalue weighted by Crippen LogP contribution is -2.47. The molecule has 1 atom stereocenters. The lowest BCUT2D eigenvalue weighted by molar-refractivity contribution is -0.117. The van der Waals surface area contributed by atoms with E-state index >= 15 is 0 Å². The van der Waals surface area contributed by atoms with Crippen molar-refractivity contribution in [1.82, 2.24) is 0 Å². The first-order valence-electron chi connectivity index (χ1n) is 10.00. The van der Waals surface area contributed by atoms with Crippen molar-refractivity contribution in [2.45, 2.75) is 39.2 Å². The average molecular weight is 451 g/mol. The Labute approximate surface area is 182 Å². The Kier molecular flexibility index (Phi) is 8.56. The molecular formula is C22H27FN2O5S. The second kappa shape index (κ2) is 10.9. The Hall–Kier alpha value is -2.94. The van der Waals surface area contributed by atoms with Crippen LogP contribution in [0.2, 0.25) is 0 Å². The molecule has 0 saturated carbocycles. The van der Waals surface area contributed by atoms with Gasteiger partial charge in [-0.1, -0.05) is 20.3 Å². The van der Waals surface area contributed by atoms with Gasteiger partial charge in [0.2, 0.25) is 15.9 Å². The number of esters is 1. The normalized spacial score (nSPS) is 12.1. The molecule has 0 aliphatic heterocycles. The van der Waals surface area contributed by atoms with Crippen LogP contribution in [0, 0.1) is 5.82 Å². The van der Waals surface area contributed by atoms with E-state index in [0.717, 1.165) is 35.5 Å². The second-order valence-electron chi connectivity index (χ2n) is 7.02. The molecule has 2 rings (SSSR count). The van der Waals surface area contributed by atoms with Crippen LogP contribution in [0.15, 0.2) is 48.5 Å². The lowest BCUT2D eigenvalue weighted by atomic mass is 10.1. The third-order valence-corrected chi connectivity index (χ3v) is 5.71. The van der Waals surface area contributed by atoms with Crippen molar-refractivity contribution in [3.63, 3.8) is 0 Å². The van der Waals surface area contributed by atoms with E-state index in [1.165, 1.54) is 24.3 Å². The number of unbranched alkanes of at least 4 members (excludes halogenated alkanes) is 1. The molecular weight excluding hydrogens is 423 g/mol. The summed E-state index contributed by atoms with van der Waals surface area (Å²) in [5.41, 5.74) is 0.947. The zero-order valence-electron chi connectivity index (χ0n) is 17.8. The van der Waals surface area contributed by atoms with Crippen LogP contribution in [-0.4, -0.2) is 39.2 Å². The van der Waals surface area contributed by atoms with Gasteiger partial charge in [-0.2, -0.15) is 0 Å². The van der Waals surface area contributed by atoms with Crippen molar-refractivity contribution in [2.24, 2.45) is 0 Å². The summed E-state index contributed by atoms with van der Waals surface area (Å²) in [5, 5.41) is 2.67. The molecule has 0 bridgehead atoms. The smallest absolute Gasteiger partial charge is 0.338 e. The third-order valence-electron chi connectivity index (χ3n) is 4.53. The predicted octanol–water partition coefficient (Wildman–Crippen LogP) is 3.97. The summed E-state index contributed by atoms with van der Waals surface area (Å²) in [7, 11) is -3.82. The number of ether oxygens (including phenoxy) is 1. The number of carbonyl (C=O) groups excluding carboxylic acids is 2. The van der Waals surface area contributed by atoms with Crippen LogP contribution in [-0.2, 0) is 19.6 Å². The maximum atomic E-state index is 13.3. The van der Waals surface area contributed by atoms with E-state index in [4.69, 9.17) is 4.74 Å². The van der Waals surface area contributed by atoms with Gasteiger partial charge in [0.05, 0.1) is 24.1 Å². The number of hydrogen-bond acceptors (Lipinski definition) is 5. The van der Waals surface area contributed by atoms with Gasteiger partial charge in [0, 0.05) is 5.69 Å². The van der Waals surface area contributed by atoms with Crippen molar-refractivity contribution in [1.29, 1.82) is 0 Å².